The molecule has 2 amide bonds. The highest BCUT2D eigenvalue weighted by molar-refractivity contribution is 9.10. The van der Waals surface area contributed by atoms with Crippen LogP contribution in [0.4, 0.5) is 23.7 Å². The molecule has 0 fully saturated rings. The first kappa shape index (κ1) is 17.6. The summed E-state index contributed by atoms with van der Waals surface area (Å²) in [5.74, 6) is -2.22. The van der Waals surface area contributed by atoms with Crippen molar-refractivity contribution in [2.75, 3.05) is 5.32 Å². The summed E-state index contributed by atoms with van der Waals surface area (Å²) < 4.78 is 38.6. The fourth-order valence-electron chi connectivity index (χ4n) is 1.21. The van der Waals surface area contributed by atoms with Gasteiger partial charge in [-0.25, -0.2) is 9.59 Å². The van der Waals surface area contributed by atoms with Crippen LogP contribution in [0.2, 0.25) is 5.02 Å². The lowest BCUT2D eigenvalue weighted by atomic mass is 10.0. The zero-order valence-corrected chi connectivity index (χ0v) is 12.7. The minimum Gasteiger partial charge on any atom is -0.479 e. The summed E-state index contributed by atoms with van der Waals surface area (Å²) in [6, 6.07) is 2.79. The Morgan fingerprint density at radius 2 is 1.90 bits per heavy atom. The van der Waals surface area contributed by atoms with Gasteiger partial charge in [-0.3, -0.25) is 0 Å². The molecule has 0 aliphatic heterocycles. The summed E-state index contributed by atoms with van der Waals surface area (Å²) in [7, 11) is 0. The monoisotopic (exact) mass is 388 g/mol. The van der Waals surface area contributed by atoms with Crippen LogP contribution in [-0.4, -0.2) is 28.8 Å². The van der Waals surface area contributed by atoms with E-state index in [9.17, 15) is 22.8 Å². The normalized spacial score (nSPS) is 14.2. The number of nitrogens with one attached hydrogen (secondary N) is 2. The number of rotatable bonds is 3. The Labute approximate surface area is 130 Å². The van der Waals surface area contributed by atoms with Crippen molar-refractivity contribution in [1.29, 1.82) is 0 Å². The van der Waals surface area contributed by atoms with Crippen LogP contribution in [0.1, 0.15) is 6.92 Å². The van der Waals surface area contributed by atoms with E-state index < -0.39 is 23.7 Å². The van der Waals surface area contributed by atoms with Crippen molar-refractivity contribution in [3.63, 3.8) is 0 Å². The Morgan fingerprint density at radius 1 is 1.33 bits per heavy atom. The molecule has 0 spiro atoms. The van der Waals surface area contributed by atoms with Crippen molar-refractivity contribution in [3.8, 4) is 0 Å². The average molecular weight is 390 g/mol. The van der Waals surface area contributed by atoms with Gasteiger partial charge in [0.2, 0.25) is 5.54 Å². The molecule has 0 radical (unpaired) electrons. The zero-order chi connectivity index (χ0) is 16.4. The number of carbonyl (C=O) groups excluding carboxylic acids is 1. The molecule has 21 heavy (non-hydrogen) atoms. The van der Waals surface area contributed by atoms with Crippen LogP contribution in [0, 0.1) is 0 Å². The Balaban J connectivity index is 2.89. The predicted octanol–water partition coefficient (Wildman–Crippen LogP) is 3.63. The van der Waals surface area contributed by atoms with Gasteiger partial charge in [-0.1, -0.05) is 11.6 Å². The number of alkyl halides is 3. The first-order valence-electron chi connectivity index (χ1n) is 5.31. The van der Waals surface area contributed by atoms with Crippen molar-refractivity contribution < 1.29 is 27.9 Å². The number of hydrogen-bond donors (Lipinski definition) is 3. The summed E-state index contributed by atoms with van der Waals surface area (Å²) >= 11 is 8.80. The van der Waals surface area contributed by atoms with E-state index in [0.717, 1.165) is 0 Å². The van der Waals surface area contributed by atoms with Crippen LogP contribution in [0.3, 0.4) is 0 Å². The number of hydrogen-bond acceptors (Lipinski definition) is 2. The lowest BCUT2D eigenvalue weighted by molar-refractivity contribution is -0.203. The zero-order valence-electron chi connectivity index (χ0n) is 10.4. The Kier molecular flexibility index (Phi) is 5.11. The summed E-state index contributed by atoms with van der Waals surface area (Å²) in [6.45, 7) is 0.354. The number of anilines is 1. The molecule has 0 saturated carbocycles. The fourth-order valence-corrected chi connectivity index (χ4v) is 1.71. The van der Waals surface area contributed by atoms with Crippen molar-refractivity contribution in [2.45, 2.75) is 18.6 Å². The van der Waals surface area contributed by atoms with Gasteiger partial charge < -0.3 is 15.7 Å². The van der Waals surface area contributed by atoms with Crippen molar-refractivity contribution in [3.05, 3.63) is 27.7 Å². The number of amides is 2. The Bertz CT molecular complexity index is 582. The molecule has 1 aromatic rings. The van der Waals surface area contributed by atoms with Crippen LogP contribution in [0.25, 0.3) is 0 Å². The van der Waals surface area contributed by atoms with E-state index in [-0.39, 0.29) is 5.69 Å². The molecule has 0 aromatic heterocycles. The Morgan fingerprint density at radius 3 is 2.33 bits per heavy atom. The van der Waals surface area contributed by atoms with E-state index >= 15 is 0 Å². The van der Waals surface area contributed by atoms with Gasteiger partial charge >= 0.3 is 18.2 Å². The summed E-state index contributed by atoms with van der Waals surface area (Å²) in [5.41, 5.74) is -3.26. The highest BCUT2D eigenvalue weighted by Gasteiger charge is 2.58. The van der Waals surface area contributed by atoms with Crippen molar-refractivity contribution in [2.24, 2.45) is 0 Å². The van der Waals surface area contributed by atoms with E-state index in [1.54, 1.807) is 0 Å². The molecule has 1 rings (SSSR count). The molecule has 1 atom stereocenters. The summed E-state index contributed by atoms with van der Waals surface area (Å²) in [6.07, 6.45) is -5.16. The quantitative estimate of drug-likeness (QED) is 0.739. The molecule has 116 valence electrons. The van der Waals surface area contributed by atoms with Gasteiger partial charge in [-0.15, -0.1) is 0 Å². The molecule has 0 heterocycles. The predicted molar refractivity (Wildman–Crippen MR) is 73.4 cm³/mol. The van der Waals surface area contributed by atoms with Crippen LogP contribution < -0.4 is 10.6 Å². The minimum absolute atomic E-state index is 0.138. The maximum absolute atomic E-state index is 12.7. The first-order chi connectivity index (χ1) is 9.47. The SMILES string of the molecule is CC(NC(=O)Nc1ccc(Cl)c(Br)c1)(C(=O)O)C(F)(F)F. The minimum atomic E-state index is -5.16. The van der Waals surface area contributed by atoms with Crippen LogP contribution >= 0.6 is 27.5 Å². The molecule has 0 saturated heterocycles. The third kappa shape index (κ3) is 4.01. The highest BCUT2D eigenvalue weighted by Crippen LogP contribution is 2.31. The van der Waals surface area contributed by atoms with E-state index in [0.29, 0.717) is 16.4 Å². The highest BCUT2D eigenvalue weighted by atomic mass is 79.9. The lowest BCUT2D eigenvalue weighted by Crippen LogP contribution is -2.62. The maximum atomic E-state index is 12.7. The number of urea groups is 1. The van der Waals surface area contributed by atoms with Crippen LogP contribution in [0.15, 0.2) is 22.7 Å². The molecular formula is C11H9BrClF3N2O3. The first-order valence-corrected chi connectivity index (χ1v) is 6.49. The van der Waals surface area contributed by atoms with E-state index in [1.807, 2.05) is 0 Å². The van der Waals surface area contributed by atoms with Gasteiger partial charge in [0.25, 0.3) is 0 Å². The number of aliphatic carboxylic acids is 1. The van der Waals surface area contributed by atoms with Gasteiger partial charge in [0.15, 0.2) is 0 Å². The maximum Gasteiger partial charge on any atom is 0.422 e. The van der Waals surface area contributed by atoms with Crippen molar-refractivity contribution in [1.82, 2.24) is 5.32 Å². The third-order valence-electron chi connectivity index (χ3n) is 2.54. The van der Waals surface area contributed by atoms with E-state index in [2.05, 4.69) is 21.2 Å². The molecule has 10 heteroatoms. The van der Waals surface area contributed by atoms with Crippen LogP contribution in [0.5, 0.6) is 0 Å². The van der Waals surface area contributed by atoms with Gasteiger partial charge in [-0.05, 0) is 41.1 Å². The molecule has 1 aromatic carbocycles. The van der Waals surface area contributed by atoms with Crippen molar-refractivity contribution >= 4 is 45.2 Å². The second-order valence-electron chi connectivity index (χ2n) is 4.14. The molecule has 3 N–H and O–H groups in total. The van der Waals surface area contributed by atoms with Gasteiger partial charge in [0.05, 0.1) is 5.02 Å². The topological polar surface area (TPSA) is 78.4 Å². The fraction of sp³-hybridized carbons (Fsp3) is 0.273. The molecule has 0 aliphatic carbocycles. The van der Waals surface area contributed by atoms with E-state index in [4.69, 9.17) is 16.7 Å². The lowest BCUT2D eigenvalue weighted by Gasteiger charge is -2.28. The molecular weight excluding hydrogens is 380 g/mol. The summed E-state index contributed by atoms with van der Waals surface area (Å²) in [4.78, 5) is 22.3. The number of benzene rings is 1. The second-order valence-corrected chi connectivity index (χ2v) is 5.40. The van der Waals surface area contributed by atoms with Gasteiger partial charge in [0.1, 0.15) is 0 Å². The number of carbonyl (C=O) groups is 2. The standard InChI is InChI=1S/C11H9BrClF3N2O3/c1-10(8(19)20,11(14,15)16)18-9(21)17-5-2-3-7(13)6(12)4-5/h2-4H,1H3,(H,19,20)(H2,17,18,21). The van der Waals surface area contributed by atoms with Gasteiger partial charge in [-0.2, -0.15) is 13.2 Å². The largest absolute Gasteiger partial charge is 0.479 e. The molecule has 0 aliphatic rings. The average Bonchev–Trinajstić information content (AvgIpc) is 2.32. The smallest absolute Gasteiger partial charge is 0.422 e. The van der Waals surface area contributed by atoms with E-state index in [1.165, 1.54) is 23.5 Å². The molecule has 5 nitrogen and oxygen atoms in total. The van der Waals surface area contributed by atoms with Crippen LogP contribution in [-0.2, 0) is 4.79 Å². The Hall–Kier alpha value is -1.48. The second kappa shape index (κ2) is 6.10. The number of halogens is 5. The number of carboxylic acids is 1. The summed E-state index contributed by atoms with van der Waals surface area (Å²) in [5, 5.41) is 12.5. The third-order valence-corrected chi connectivity index (χ3v) is 3.75. The molecule has 1 unspecified atom stereocenters. The van der Waals surface area contributed by atoms with Gasteiger partial charge in [0, 0.05) is 10.2 Å². The number of carboxylic acid groups (broad SMARTS) is 1. The molecule has 0 bridgehead atoms.